The van der Waals surface area contributed by atoms with Crippen molar-refractivity contribution in [1.29, 1.82) is 0 Å². The van der Waals surface area contributed by atoms with E-state index >= 15 is 0 Å². The second-order valence-corrected chi connectivity index (χ2v) is 6.96. The highest BCUT2D eigenvalue weighted by molar-refractivity contribution is 5.79. The summed E-state index contributed by atoms with van der Waals surface area (Å²) >= 11 is 0. The number of halogens is 1. The maximum absolute atomic E-state index is 13.7. The van der Waals surface area contributed by atoms with Crippen LogP contribution in [-0.2, 0) is 16.0 Å². The third kappa shape index (κ3) is 4.79. The lowest BCUT2D eigenvalue weighted by molar-refractivity contribution is -0.135. The number of carbonyl (C=O) groups is 2. The Bertz CT molecular complexity index is 580. The summed E-state index contributed by atoms with van der Waals surface area (Å²) in [6.45, 7) is 6.99. The Hall–Kier alpha value is -1.91. The maximum atomic E-state index is 13.7. The number of hydrogen-bond donors (Lipinski definition) is 1. The van der Waals surface area contributed by atoms with Gasteiger partial charge in [0.25, 0.3) is 0 Å². The van der Waals surface area contributed by atoms with Crippen molar-refractivity contribution < 1.29 is 14.0 Å². The number of hydrogen-bond acceptors (Lipinski definition) is 2. The van der Waals surface area contributed by atoms with Crippen molar-refractivity contribution in [3.05, 3.63) is 35.6 Å². The summed E-state index contributed by atoms with van der Waals surface area (Å²) in [5.74, 6) is -0.411. The Balaban J connectivity index is 1.81. The fourth-order valence-electron chi connectivity index (χ4n) is 3.04. The molecule has 24 heavy (non-hydrogen) atoms. The topological polar surface area (TPSA) is 49.4 Å². The first-order valence-corrected chi connectivity index (χ1v) is 8.71. The zero-order valence-corrected chi connectivity index (χ0v) is 14.7. The molecule has 0 bridgehead atoms. The average Bonchev–Trinajstić information content (AvgIpc) is 2.56. The molecular formula is C19H27FN2O2. The zero-order chi connectivity index (χ0) is 17.7. The Kier molecular flexibility index (Phi) is 6.35. The van der Waals surface area contributed by atoms with Gasteiger partial charge in [-0.05, 0) is 30.9 Å². The Morgan fingerprint density at radius 1 is 1.21 bits per heavy atom. The van der Waals surface area contributed by atoms with E-state index in [9.17, 15) is 14.0 Å². The molecular weight excluding hydrogens is 307 g/mol. The van der Waals surface area contributed by atoms with E-state index in [1.165, 1.54) is 6.07 Å². The first-order valence-electron chi connectivity index (χ1n) is 8.71. The number of nitrogens with one attached hydrogen (secondary N) is 1. The highest BCUT2D eigenvalue weighted by Crippen LogP contribution is 2.16. The van der Waals surface area contributed by atoms with Gasteiger partial charge in [0, 0.05) is 31.0 Å². The van der Waals surface area contributed by atoms with Gasteiger partial charge in [0.1, 0.15) is 5.82 Å². The number of likely N-dealkylation sites (tertiary alicyclic amines) is 1. The van der Waals surface area contributed by atoms with Crippen LogP contribution in [0.15, 0.2) is 24.3 Å². The SMILES string of the molecule is CC(C)C(=O)N1CCC(NC(=O)C(C)Cc2ccccc2F)CC1. The van der Waals surface area contributed by atoms with Crippen LogP contribution in [0.2, 0.25) is 0 Å². The highest BCUT2D eigenvalue weighted by atomic mass is 19.1. The molecule has 0 spiro atoms. The Morgan fingerprint density at radius 2 is 1.83 bits per heavy atom. The molecule has 2 amide bonds. The van der Waals surface area contributed by atoms with Crippen LogP contribution < -0.4 is 5.32 Å². The minimum absolute atomic E-state index is 0.0110. The number of piperidine rings is 1. The molecule has 1 atom stereocenters. The third-order valence-electron chi connectivity index (χ3n) is 4.58. The first kappa shape index (κ1) is 18.4. The lowest BCUT2D eigenvalue weighted by Crippen LogP contribution is -2.48. The molecule has 1 aliphatic rings. The van der Waals surface area contributed by atoms with Crippen molar-refractivity contribution in [3.8, 4) is 0 Å². The van der Waals surface area contributed by atoms with E-state index in [0.29, 0.717) is 25.1 Å². The Morgan fingerprint density at radius 3 is 2.42 bits per heavy atom. The molecule has 4 nitrogen and oxygen atoms in total. The maximum Gasteiger partial charge on any atom is 0.225 e. The fraction of sp³-hybridized carbons (Fsp3) is 0.579. The molecule has 0 saturated carbocycles. The summed E-state index contributed by atoms with van der Waals surface area (Å²) in [6, 6.07) is 6.66. The molecule has 1 saturated heterocycles. The molecule has 1 fully saturated rings. The van der Waals surface area contributed by atoms with Gasteiger partial charge in [0.2, 0.25) is 11.8 Å². The highest BCUT2D eigenvalue weighted by Gasteiger charge is 2.26. The van der Waals surface area contributed by atoms with E-state index in [1.807, 2.05) is 25.7 Å². The van der Waals surface area contributed by atoms with E-state index in [1.54, 1.807) is 18.2 Å². The van der Waals surface area contributed by atoms with Gasteiger partial charge in [-0.25, -0.2) is 4.39 Å². The molecule has 1 aromatic rings. The minimum Gasteiger partial charge on any atom is -0.353 e. The van der Waals surface area contributed by atoms with E-state index in [4.69, 9.17) is 0 Å². The molecule has 0 aliphatic carbocycles. The number of benzene rings is 1. The smallest absolute Gasteiger partial charge is 0.225 e. The molecule has 1 aliphatic heterocycles. The molecule has 5 heteroatoms. The van der Waals surface area contributed by atoms with Gasteiger partial charge in [-0.1, -0.05) is 39.0 Å². The van der Waals surface area contributed by atoms with Gasteiger partial charge in [0.15, 0.2) is 0 Å². The summed E-state index contributed by atoms with van der Waals surface area (Å²) in [5, 5.41) is 3.05. The van der Waals surface area contributed by atoms with Crippen molar-refractivity contribution in [2.24, 2.45) is 11.8 Å². The molecule has 1 N–H and O–H groups in total. The zero-order valence-electron chi connectivity index (χ0n) is 14.7. The summed E-state index contributed by atoms with van der Waals surface area (Å²) < 4.78 is 13.7. The first-order chi connectivity index (χ1) is 11.4. The van der Waals surface area contributed by atoms with E-state index in [0.717, 1.165) is 12.8 Å². The summed E-state index contributed by atoms with van der Waals surface area (Å²) in [5.41, 5.74) is 0.567. The van der Waals surface area contributed by atoms with Gasteiger partial charge in [-0.15, -0.1) is 0 Å². The normalized spacial score (nSPS) is 17.0. The van der Waals surface area contributed by atoms with Crippen molar-refractivity contribution in [1.82, 2.24) is 10.2 Å². The predicted octanol–water partition coefficient (Wildman–Crippen LogP) is 2.77. The molecule has 1 aromatic carbocycles. The molecule has 2 rings (SSSR count). The van der Waals surface area contributed by atoms with E-state index in [2.05, 4.69) is 5.32 Å². The van der Waals surface area contributed by atoms with Crippen LogP contribution in [0.1, 0.15) is 39.2 Å². The van der Waals surface area contributed by atoms with Gasteiger partial charge in [-0.3, -0.25) is 9.59 Å². The molecule has 132 valence electrons. The predicted molar refractivity (Wildman–Crippen MR) is 91.9 cm³/mol. The average molecular weight is 334 g/mol. The van der Waals surface area contributed by atoms with Crippen LogP contribution in [-0.4, -0.2) is 35.8 Å². The molecule has 0 aromatic heterocycles. The van der Waals surface area contributed by atoms with Crippen LogP contribution in [0, 0.1) is 17.7 Å². The van der Waals surface area contributed by atoms with Gasteiger partial charge in [0.05, 0.1) is 0 Å². The van der Waals surface area contributed by atoms with E-state index < -0.39 is 0 Å². The Labute approximate surface area is 143 Å². The number of amides is 2. The van der Waals surface area contributed by atoms with E-state index in [-0.39, 0.29) is 35.5 Å². The minimum atomic E-state index is -0.280. The van der Waals surface area contributed by atoms with Crippen molar-refractivity contribution in [2.75, 3.05) is 13.1 Å². The van der Waals surface area contributed by atoms with Gasteiger partial charge < -0.3 is 10.2 Å². The van der Waals surface area contributed by atoms with Crippen LogP contribution >= 0.6 is 0 Å². The standard InChI is InChI=1S/C19H27FN2O2/c1-13(2)19(24)22-10-8-16(9-11-22)21-18(23)14(3)12-15-6-4-5-7-17(15)20/h4-7,13-14,16H,8-12H2,1-3H3,(H,21,23). The number of carbonyl (C=O) groups excluding carboxylic acids is 2. The summed E-state index contributed by atoms with van der Waals surface area (Å²) in [4.78, 5) is 26.2. The summed E-state index contributed by atoms with van der Waals surface area (Å²) in [6.07, 6.45) is 1.94. The molecule has 1 unspecified atom stereocenters. The van der Waals surface area contributed by atoms with Crippen molar-refractivity contribution in [2.45, 2.75) is 46.1 Å². The second kappa shape index (κ2) is 8.27. The van der Waals surface area contributed by atoms with Gasteiger partial charge in [-0.2, -0.15) is 0 Å². The number of rotatable bonds is 5. The van der Waals surface area contributed by atoms with Crippen LogP contribution in [0.4, 0.5) is 4.39 Å². The van der Waals surface area contributed by atoms with Crippen LogP contribution in [0.25, 0.3) is 0 Å². The quantitative estimate of drug-likeness (QED) is 0.900. The van der Waals surface area contributed by atoms with Crippen LogP contribution in [0.5, 0.6) is 0 Å². The molecule has 1 heterocycles. The summed E-state index contributed by atoms with van der Waals surface area (Å²) in [7, 11) is 0. The lowest BCUT2D eigenvalue weighted by atomic mass is 9.98. The largest absolute Gasteiger partial charge is 0.353 e. The van der Waals surface area contributed by atoms with Crippen LogP contribution in [0.3, 0.4) is 0 Å². The lowest BCUT2D eigenvalue weighted by Gasteiger charge is -2.33. The fourth-order valence-corrected chi connectivity index (χ4v) is 3.04. The second-order valence-electron chi connectivity index (χ2n) is 6.96. The third-order valence-corrected chi connectivity index (χ3v) is 4.58. The number of nitrogens with zero attached hydrogens (tertiary/aromatic N) is 1. The van der Waals surface area contributed by atoms with Gasteiger partial charge >= 0.3 is 0 Å². The van der Waals surface area contributed by atoms with Crippen molar-refractivity contribution in [3.63, 3.8) is 0 Å². The van der Waals surface area contributed by atoms with Crippen molar-refractivity contribution >= 4 is 11.8 Å². The monoisotopic (exact) mass is 334 g/mol. The molecule has 0 radical (unpaired) electrons.